The summed E-state index contributed by atoms with van der Waals surface area (Å²) in [6.07, 6.45) is 3.92. The van der Waals surface area contributed by atoms with Gasteiger partial charge in [-0.1, -0.05) is 17.7 Å². The van der Waals surface area contributed by atoms with Gasteiger partial charge < -0.3 is 4.74 Å². The van der Waals surface area contributed by atoms with Gasteiger partial charge in [-0.25, -0.2) is 0 Å². The fraction of sp³-hybridized carbons (Fsp3) is 0.571. The van der Waals surface area contributed by atoms with E-state index in [9.17, 15) is 13.0 Å². The van der Waals surface area contributed by atoms with Crippen molar-refractivity contribution >= 4 is 10.1 Å². The Kier molecular flexibility index (Phi) is 4.28. The number of methoxy groups -OCH3 is 1. The molecule has 0 heterocycles. The Bertz CT molecular complexity index is 543. The molecule has 4 nitrogen and oxygen atoms in total. The van der Waals surface area contributed by atoms with E-state index in [0.717, 1.165) is 36.8 Å². The summed E-state index contributed by atoms with van der Waals surface area (Å²) in [6, 6.07) is 5.09. The Balaban J connectivity index is 2.32. The van der Waals surface area contributed by atoms with E-state index in [4.69, 9.17) is 4.74 Å². The van der Waals surface area contributed by atoms with Crippen molar-refractivity contribution in [2.45, 2.75) is 49.5 Å². The van der Waals surface area contributed by atoms with Crippen molar-refractivity contribution < 1.29 is 17.7 Å². The normalized spacial score (nSPS) is 24.4. The molecule has 1 saturated carbocycles. The Morgan fingerprint density at radius 3 is 2.37 bits per heavy atom. The predicted molar refractivity (Wildman–Crippen MR) is 73.0 cm³/mol. The number of aryl methyl sites for hydroxylation is 1. The average Bonchev–Trinajstić information content (AvgIpc) is 2.37. The molecule has 0 spiro atoms. The summed E-state index contributed by atoms with van der Waals surface area (Å²) < 4.78 is 37.6. The van der Waals surface area contributed by atoms with Gasteiger partial charge in [0.1, 0.15) is 0 Å². The number of ether oxygens (including phenoxy) is 1. The van der Waals surface area contributed by atoms with Gasteiger partial charge in [-0.15, -0.1) is 0 Å². The van der Waals surface area contributed by atoms with Gasteiger partial charge in [-0.3, -0.25) is 4.55 Å². The topological polar surface area (TPSA) is 63.6 Å². The minimum absolute atomic E-state index is 0.0546. The highest BCUT2D eigenvalue weighted by atomic mass is 32.2. The fourth-order valence-electron chi connectivity index (χ4n) is 2.83. The minimum Gasteiger partial charge on any atom is -0.381 e. The zero-order chi connectivity index (χ0) is 14.0. The number of hydrogen-bond donors (Lipinski definition) is 1. The molecule has 0 amide bonds. The lowest BCUT2D eigenvalue weighted by Gasteiger charge is -2.28. The molecule has 1 aliphatic carbocycles. The monoisotopic (exact) mass is 284 g/mol. The lowest BCUT2D eigenvalue weighted by Crippen LogP contribution is -2.20. The molecule has 0 bridgehead atoms. The van der Waals surface area contributed by atoms with Crippen LogP contribution < -0.4 is 0 Å². The van der Waals surface area contributed by atoms with Crippen molar-refractivity contribution in [3.05, 3.63) is 29.3 Å². The van der Waals surface area contributed by atoms with Crippen LogP contribution in [-0.2, 0) is 14.9 Å². The van der Waals surface area contributed by atoms with Gasteiger partial charge in [0.25, 0.3) is 10.1 Å². The van der Waals surface area contributed by atoms with Gasteiger partial charge in [0.15, 0.2) is 0 Å². The van der Waals surface area contributed by atoms with Gasteiger partial charge in [0.05, 0.1) is 11.0 Å². The molecule has 5 heteroatoms. The largest absolute Gasteiger partial charge is 0.381 e. The summed E-state index contributed by atoms with van der Waals surface area (Å²) in [4.78, 5) is 0.0546. The van der Waals surface area contributed by atoms with E-state index in [-0.39, 0.29) is 16.9 Å². The van der Waals surface area contributed by atoms with E-state index in [0.29, 0.717) is 0 Å². The first-order chi connectivity index (χ1) is 8.91. The van der Waals surface area contributed by atoms with Crippen LogP contribution >= 0.6 is 0 Å². The maximum atomic E-state index is 11.5. The molecule has 0 saturated heterocycles. The van der Waals surface area contributed by atoms with Crippen LogP contribution in [0.25, 0.3) is 0 Å². The number of rotatable bonds is 3. The van der Waals surface area contributed by atoms with Gasteiger partial charge in [-0.05, 0) is 50.2 Å². The zero-order valence-corrected chi connectivity index (χ0v) is 12.1. The molecule has 0 unspecified atom stereocenters. The standard InChI is InChI=1S/C14H20O4S/c1-10-3-8-14(19(15,16)17)13(9-10)11-4-6-12(18-2)7-5-11/h3,8-9,11-12H,4-7H2,1-2H3,(H,15,16,17). The van der Waals surface area contributed by atoms with Crippen LogP contribution in [0.4, 0.5) is 0 Å². The summed E-state index contributed by atoms with van der Waals surface area (Å²) in [7, 11) is -2.44. The Morgan fingerprint density at radius 1 is 1.21 bits per heavy atom. The Labute approximate surface area is 114 Å². The Hall–Kier alpha value is -0.910. The van der Waals surface area contributed by atoms with Crippen LogP contribution in [0.15, 0.2) is 23.1 Å². The maximum absolute atomic E-state index is 11.5. The SMILES string of the molecule is COC1CCC(c2cc(C)ccc2S(=O)(=O)O)CC1. The second kappa shape index (κ2) is 5.61. The molecule has 106 valence electrons. The lowest BCUT2D eigenvalue weighted by atomic mass is 9.82. The molecule has 0 aromatic heterocycles. The molecule has 1 aromatic carbocycles. The first-order valence-electron chi connectivity index (χ1n) is 6.52. The third-order valence-corrected chi connectivity index (χ3v) is 4.82. The van der Waals surface area contributed by atoms with Crippen molar-refractivity contribution in [1.82, 2.24) is 0 Å². The highest BCUT2D eigenvalue weighted by Gasteiger charge is 2.27. The van der Waals surface area contributed by atoms with Crippen LogP contribution in [0.1, 0.15) is 42.7 Å². The third-order valence-electron chi connectivity index (χ3n) is 3.89. The fourth-order valence-corrected chi connectivity index (χ4v) is 3.59. The van der Waals surface area contributed by atoms with E-state index in [1.807, 2.05) is 13.0 Å². The molecule has 1 aliphatic rings. The van der Waals surface area contributed by atoms with Crippen LogP contribution in [0.5, 0.6) is 0 Å². The van der Waals surface area contributed by atoms with Gasteiger partial charge >= 0.3 is 0 Å². The van der Waals surface area contributed by atoms with Crippen molar-refractivity contribution in [3.63, 3.8) is 0 Å². The lowest BCUT2D eigenvalue weighted by molar-refractivity contribution is 0.0656. The molecular weight excluding hydrogens is 264 g/mol. The molecule has 1 fully saturated rings. The summed E-state index contributed by atoms with van der Waals surface area (Å²) in [5.41, 5.74) is 1.76. The Morgan fingerprint density at radius 2 is 1.84 bits per heavy atom. The summed E-state index contributed by atoms with van der Waals surface area (Å²) in [6.45, 7) is 1.93. The number of hydrogen-bond acceptors (Lipinski definition) is 3. The average molecular weight is 284 g/mol. The van der Waals surface area contributed by atoms with Crippen LogP contribution in [0.3, 0.4) is 0 Å². The second-order valence-corrected chi connectivity index (χ2v) is 6.62. The summed E-state index contributed by atoms with van der Waals surface area (Å²) in [5, 5.41) is 0. The van der Waals surface area contributed by atoms with E-state index in [2.05, 4.69) is 0 Å². The van der Waals surface area contributed by atoms with Crippen molar-refractivity contribution in [3.8, 4) is 0 Å². The van der Waals surface area contributed by atoms with E-state index < -0.39 is 10.1 Å². The summed E-state index contributed by atoms with van der Waals surface area (Å²) in [5.74, 6) is 0.184. The first kappa shape index (κ1) is 14.5. The highest BCUT2D eigenvalue weighted by Crippen LogP contribution is 2.37. The van der Waals surface area contributed by atoms with Crippen LogP contribution in [-0.4, -0.2) is 26.2 Å². The minimum atomic E-state index is -4.15. The van der Waals surface area contributed by atoms with Crippen molar-refractivity contribution in [1.29, 1.82) is 0 Å². The molecule has 2 rings (SSSR count). The van der Waals surface area contributed by atoms with Gasteiger partial charge in [0.2, 0.25) is 0 Å². The quantitative estimate of drug-likeness (QED) is 0.867. The number of benzene rings is 1. The predicted octanol–water partition coefficient (Wildman–Crippen LogP) is 2.91. The molecular formula is C14H20O4S. The van der Waals surface area contributed by atoms with Gasteiger partial charge in [0, 0.05) is 7.11 Å². The van der Waals surface area contributed by atoms with E-state index in [1.165, 1.54) is 6.07 Å². The maximum Gasteiger partial charge on any atom is 0.294 e. The molecule has 1 N–H and O–H groups in total. The third kappa shape index (κ3) is 3.35. The van der Waals surface area contributed by atoms with Crippen molar-refractivity contribution in [2.24, 2.45) is 0 Å². The van der Waals surface area contributed by atoms with Gasteiger partial charge in [-0.2, -0.15) is 8.42 Å². The zero-order valence-electron chi connectivity index (χ0n) is 11.3. The van der Waals surface area contributed by atoms with E-state index >= 15 is 0 Å². The first-order valence-corrected chi connectivity index (χ1v) is 7.96. The molecule has 0 atom stereocenters. The smallest absolute Gasteiger partial charge is 0.294 e. The molecule has 19 heavy (non-hydrogen) atoms. The second-order valence-electron chi connectivity index (χ2n) is 5.23. The molecule has 0 aliphatic heterocycles. The van der Waals surface area contributed by atoms with E-state index in [1.54, 1.807) is 13.2 Å². The molecule has 1 aromatic rings. The van der Waals surface area contributed by atoms with Crippen LogP contribution in [0.2, 0.25) is 0 Å². The van der Waals surface area contributed by atoms with Crippen molar-refractivity contribution in [2.75, 3.05) is 7.11 Å². The van der Waals surface area contributed by atoms with Crippen LogP contribution in [0, 0.1) is 6.92 Å². The molecule has 0 radical (unpaired) electrons. The summed E-state index contributed by atoms with van der Waals surface area (Å²) >= 11 is 0. The highest BCUT2D eigenvalue weighted by molar-refractivity contribution is 7.85.